The summed E-state index contributed by atoms with van der Waals surface area (Å²) in [6, 6.07) is 19.3. The zero-order valence-corrected chi connectivity index (χ0v) is 19.2. The molecular formula is C25H24ClN3O5. The number of nitrogens with two attached hydrogens (primary N) is 1. The Hall–Kier alpha value is -4.04. The fourth-order valence-corrected chi connectivity index (χ4v) is 3.44. The van der Waals surface area contributed by atoms with Gasteiger partial charge in [0.05, 0.1) is 23.4 Å². The summed E-state index contributed by atoms with van der Waals surface area (Å²) in [5.74, 6) is -1.24. The predicted octanol–water partition coefficient (Wildman–Crippen LogP) is 3.44. The normalized spacial score (nSPS) is 10.3. The summed E-state index contributed by atoms with van der Waals surface area (Å²) in [7, 11) is 1.37. The third kappa shape index (κ3) is 6.49. The van der Waals surface area contributed by atoms with Gasteiger partial charge in [-0.3, -0.25) is 14.4 Å². The zero-order valence-electron chi connectivity index (χ0n) is 18.5. The Balaban J connectivity index is 1.72. The molecule has 0 unspecified atom stereocenters. The zero-order chi connectivity index (χ0) is 24.5. The highest BCUT2D eigenvalue weighted by Crippen LogP contribution is 2.36. The molecule has 0 aliphatic heterocycles. The Morgan fingerprint density at radius 1 is 0.971 bits per heavy atom. The predicted molar refractivity (Wildman–Crippen MR) is 130 cm³/mol. The van der Waals surface area contributed by atoms with Crippen LogP contribution in [0.25, 0.3) is 0 Å². The van der Waals surface area contributed by atoms with Crippen molar-refractivity contribution >= 4 is 35.0 Å². The summed E-state index contributed by atoms with van der Waals surface area (Å²) in [5, 5.41) is 5.68. The van der Waals surface area contributed by atoms with Crippen molar-refractivity contribution in [3.8, 4) is 11.5 Å². The van der Waals surface area contributed by atoms with Crippen LogP contribution >= 0.6 is 11.6 Å². The molecule has 0 saturated heterocycles. The molecule has 0 aliphatic rings. The molecule has 0 bridgehead atoms. The minimum Gasteiger partial charge on any atom is -0.493 e. The Morgan fingerprint density at radius 2 is 1.68 bits per heavy atom. The smallest absolute Gasteiger partial charge is 0.255 e. The van der Waals surface area contributed by atoms with Crippen molar-refractivity contribution < 1.29 is 23.9 Å². The summed E-state index contributed by atoms with van der Waals surface area (Å²) < 4.78 is 10.5. The molecule has 9 heteroatoms. The average molecular weight is 482 g/mol. The van der Waals surface area contributed by atoms with Crippen LogP contribution in [0.3, 0.4) is 0 Å². The fraction of sp³-hybridized carbons (Fsp3) is 0.160. The number of amides is 3. The lowest BCUT2D eigenvalue weighted by Crippen LogP contribution is -2.27. The van der Waals surface area contributed by atoms with Gasteiger partial charge >= 0.3 is 0 Å². The van der Waals surface area contributed by atoms with Crippen LogP contribution in [0.15, 0.2) is 66.7 Å². The van der Waals surface area contributed by atoms with Gasteiger partial charge in [0.2, 0.25) is 0 Å². The van der Waals surface area contributed by atoms with Crippen LogP contribution in [0.2, 0.25) is 5.02 Å². The molecule has 3 aromatic rings. The van der Waals surface area contributed by atoms with Gasteiger partial charge in [0.15, 0.2) is 18.1 Å². The van der Waals surface area contributed by atoms with E-state index in [4.69, 9.17) is 26.8 Å². The van der Waals surface area contributed by atoms with Crippen LogP contribution in [-0.2, 0) is 11.2 Å². The Kier molecular flexibility index (Phi) is 8.48. The molecular weight excluding hydrogens is 458 g/mol. The largest absolute Gasteiger partial charge is 0.493 e. The minimum absolute atomic E-state index is 0.0673. The summed E-state index contributed by atoms with van der Waals surface area (Å²) in [6.07, 6.45) is 0.684. The van der Waals surface area contributed by atoms with E-state index in [2.05, 4.69) is 10.6 Å². The van der Waals surface area contributed by atoms with Gasteiger partial charge in [0.25, 0.3) is 17.7 Å². The lowest BCUT2D eigenvalue weighted by molar-refractivity contribution is -0.119. The van der Waals surface area contributed by atoms with E-state index in [1.165, 1.54) is 19.2 Å². The number of hydrogen-bond acceptors (Lipinski definition) is 5. The molecule has 3 rings (SSSR count). The fourth-order valence-electron chi connectivity index (χ4n) is 3.18. The number of rotatable bonds is 10. The van der Waals surface area contributed by atoms with E-state index >= 15 is 0 Å². The second-order valence-corrected chi connectivity index (χ2v) is 7.64. The number of methoxy groups -OCH3 is 1. The Morgan fingerprint density at radius 3 is 2.38 bits per heavy atom. The maximum atomic E-state index is 12.9. The van der Waals surface area contributed by atoms with E-state index in [0.29, 0.717) is 24.2 Å². The van der Waals surface area contributed by atoms with E-state index in [-0.39, 0.29) is 28.0 Å². The van der Waals surface area contributed by atoms with E-state index in [1.54, 1.807) is 24.3 Å². The molecule has 0 fully saturated rings. The van der Waals surface area contributed by atoms with Gasteiger partial charge in [0.1, 0.15) is 0 Å². The number of anilines is 1. The summed E-state index contributed by atoms with van der Waals surface area (Å²) in [6.45, 7) is 0.0546. The first-order chi connectivity index (χ1) is 16.4. The number of halogens is 1. The number of primary amides is 1. The number of benzene rings is 3. The molecule has 0 heterocycles. The maximum Gasteiger partial charge on any atom is 0.255 e. The molecule has 8 nitrogen and oxygen atoms in total. The summed E-state index contributed by atoms with van der Waals surface area (Å²) in [4.78, 5) is 36.7. The van der Waals surface area contributed by atoms with Gasteiger partial charge < -0.3 is 25.8 Å². The minimum atomic E-state index is -0.682. The van der Waals surface area contributed by atoms with Crippen molar-refractivity contribution in [1.29, 1.82) is 0 Å². The van der Waals surface area contributed by atoms with Crippen LogP contribution < -0.4 is 25.8 Å². The highest BCUT2D eigenvalue weighted by molar-refractivity contribution is 6.33. The number of nitrogens with one attached hydrogen (secondary N) is 2. The van der Waals surface area contributed by atoms with Gasteiger partial charge in [0, 0.05) is 12.1 Å². The van der Waals surface area contributed by atoms with Crippen molar-refractivity contribution in [1.82, 2.24) is 5.32 Å². The molecule has 34 heavy (non-hydrogen) atoms. The summed E-state index contributed by atoms with van der Waals surface area (Å²) >= 11 is 6.23. The topological polar surface area (TPSA) is 120 Å². The molecule has 176 valence electrons. The van der Waals surface area contributed by atoms with Gasteiger partial charge in [-0.2, -0.15) is 0 Å². The average Bonchev–Trinajstić information content (AvgIpc) is 2.83. The molecule has 0 saturated carbocycles. The van der Waals surface area contributed by atoms with E-state index in [9.17, 15) is 14.4 Å². The monoisotopic (exact) mass is 481 g/mol. The van der Waals surface area contributed by atoms with Crippen LogP contribution in [0.1, 0.15) is 26.3 Å². The molecule has 3 aromatic carbocycles. The first-order valence-electron chi connectivity index (χ1n) is 10.4. The van der Waals surface area contributed by atoms with Crippen LogP contribution in [0, 0.1) is 0 Å². The lowest BCUT2D eigenvalue weighted by Gasteiger charge is -2.14. The summed E-state index contributed by atoms with van der Waals surface area (Å²) in [5.41, 5.74) is 7.05. The van der Waals surface area contributed by atoms with Crippen molar-refractivity contribution in [2.75, 3.05) is 25.6 Å². The number of carbonyl (C=O) groups excluding carboxylic acids is 3. The van der Waals surface area contributed by atoms with Crippen molar-refractivity contribution in [2.24, 2.45) is 5.73 Å². The first-order valence-corrected chi connectivity index (χ1v) is 10.8. The molecule has 0 spiro atoms. The molecule has 0 aromatic heterocycles. The van der Waals surface area contributed by atoms with E-state index in [0.717, 1.165) is 5.56 Å². The molecule has 0 atom stereocenters. The Bertz CT molecular complexity index is 1180. The van der Waals surface area contributed by atoms with Gasteiger partial charge in [-0.15, -0.1) is 0 Å². The van der Waals surface area contributed by atoms with Crippen molar-refractivity contribution in [2.45, 2.75) is 6.42 Å². The number of para-hydroxylation sites is 1. The number of carbonyl (C=O) groups is 3. The van der Waals surface area contributed by atoms with E-state index < -0.39 is 18.4 Å². The Labute approximate surface area is 202 Å². The quantitative estimate of drug-likeness (QED) is 0.409. The SMILES string of the molecule is COc1cc(C(=O)Nc2ccccc2C(=O)NCCc2ccccc2)cc(Cl)c1OCC(N)=O. The third-order valence-corrected chi connectivity index (χ3v) is 5.09. The standard InChI is InChI=1S/C25H24ClN3O5/c1-33-21-14-17(13-19(26)23(21)34-15-22(27)30)24(31)29-20-10-6-5-9-18(20)25(32)28-12-11-16-7-3-2-4-8-16/h2-10,13-14H,11-12,15H2,1H3,(H2,27,30)(H,28,32)(H,29,31). The van der Waals surface area contributed by atoms with Gasteiger partial charge in [-0.25, -0.2) is 0 Å². The molecule has 4 N–H and O–H groups in total. The van der Waals surface area contributed by atoms with E-state index in [1.807, 2.05) is 30.3 Å². The molecule has 0 aliphatic carbocycles. The second kappa shape index (κ2) is 11.7. The van der Waals surface area contributed by atoms with Crippen molar-refractivity contribution in [3.05, 3.63) is 88.4 Å². The van der Waals surface area contributed by atoms with Crippen LogP contribution in [0.5, 0.6) is 11.5 Å². The van der Waals surface area contributed by atoms with Crippen LogP contribution in [0.4, 0.5) is 5.69 Å². The van der Waals surface area contributed by atoms with Gasteiger partial charge in [-0.1, -0.05) is 54.1 Å². The highest BCUT2D eigenvalue weighted by Gasteiger charge is 2.19. The van der Waals surface area contributed by atoms with Crippen LogP contribution in [-0.4, -0.2) is 38.0 Å². The lowest BCUT2D eigenvalue weighted by atomic mass is 10.1. The first kappa shape index (κ1) is 24.6. The van der Waals surface area contributed by atoms with Crippen molar-refractivity contribution in [3.63, 3.8) is 0 Å². The highest BCUT2D eigenvalue weighted by atomic mass is 35.5. The maximum absolute atomic E-state index is 12.9. The number of hydrogen-bond donors (Lipinski definition) is 3. The number of ether oxygens (including phenoxy) is 2. The van der Waals surface area contributed by atoms with Gasteiger partial charge in [-0.05, 0) is 36.2 Å². The second-order valence-electron chi connectivity index (χ2n) is 7.24. The molecule has 3 amide bonds. The molecule has 0 radical (unpaired) electrons. The third-order valence-electron chi connectivity index (χ3n) is 4.81.